The molecule has 0 aromatic carbocycles. The van der Waals surface area contributed by atoms with E-state index in [9.17, 15) is 5.11 Å². The maximum absolute atomic E-state index is 10.2. The SMILES string of the molecule is CN(C)CC(C)(O)CNc1nc2ccc(Br)cn2n1. The van der Waals surface area contributed by atoms with Gasteiger partial charge in [0, 0.05) is 23.8 Å². The van der Waals surface area contributed by atoms with Gasteiger partial charge in [-0.15, -0.1) is 5.10 Å². The van der Waals surface area contributed by atoms with Gasteiger partial charge in [0.15, 0.2) is 5.65 Å². The van der Waals surface area contributed by atoms with Crippen LogP contribution in [0.3, 0.4) is 0 Å². The first-order chi connectivity index (χ1) is 8.85. The van der Waals surface area contributed by atoms with Crippen LogP contribution in [0.5, 0.6) is 0 Å². The van der Waals surface area contributed by atoms with Gasteiger partial charge in [-0.05, 0) is 49.1 Å². The van der Waals surface area contributed by atoms with Crippen LogP contribution < -0.4 is 5.32 Å². The van der Waals surface area contributed by atoms with Gasteiger partial charge in [-0.3, -0.25) is 0 Å². The molecule has 2 aromatic heterocycles. The minimum absolute atomic E-state index is 0.392. The Hall–Kier alpha value is -1.18. The van der Waals surface area contributed by atoms with Crippen molar-refractivity contribution in [2.75, 3.05) is 32.5 Å². The Morgan fingerprint density at radius 2 is 2.21 bits per heavy atom. The van der Waals surface area contributed by atoms with Gasteiger partial charge in [0.05, 0.1) is 5.60 Å². The van der Waals surface area contributed by atoms with Crippen LogP contribution in [0, 0.1) is 0 Å². The molecule has 104 valence electrons. The molecule has 0 radical (unpaired) electrons. The molecule has 1 unspecified atom stereocenters. The third kappa shape index (κ3) is 3.89. The quantitative estimate of drug-likeness (QED) is 0.864. The lowest BCUT2D eigenvalue weighted by molar-refractivity contribution is 0.0458. The summed E-state index contributed by atoms with van der Waals surface area (Å²) >= 11 is 3.38. The smallest absolute Gasteiger partial charge is 0.243 e. The molecule has 0 saturated heterocycles. The second kappa shape index (κ2) is 5.44. The highest BCUT2D eigenvalue weighted by atomic mass is 79.9. The Morgan fingerprint density at radius 1 is 1.47 bits per heavy atom. The van der Waals surface area contributed by atoms with Gasteiger partial charge < -0.3 is 15.3 Å². The molecule has 2 rings (SSSR count). The van der Waals surface area contributed by atoms with E-state index in [0.717, 1.165) is 10.1 Å². The number of hydrogen-bond acceptors (Lipinski definition) is 5. The maximum atomic E-state index is 10.2. The van der Waals surface area contributed by atoms with Crippen LogP contribution in [-0.2, 0) is 0 Å². The van der Waals surface area contributed by atoms with Crippen LogP contribution in [0.25, 0.3) is 5.65 Å². The minimum Gasteiger partial charge on any atom is -0.387 e. The summed E-state index contributed by atoms with van der Waals surface area (Å²) in [4.78, 5) is 6.27. The van der Waals surface area contributed by atoms with E-state index >= 15 is 0 Å². The first-order valence-electron chi connectivity index (χ1n) is 5.99. The first kappa shape index (κ1) is 14.2. The molecule has 0 fully saturated rings. The standard InChI is InChI=1S/C12H18BrN5O/c1-12(19,8-17(2)3)7-14-11-15-10-5-4-9(13)6-18(10)16-11/h4-6,19H,7-8H2,1-3H3,(H,14,16). The highest BCUT2D eigenvalue weighted by Crippen LogP contribution is 2.13. The average Bonchev–Trinajstić information content (AvgIpc) is 2.66. The van der Waals surface area contributed by atoms with Crippen LogP contribution >= 0.6 is 15.9 Å². The van der Waals surface area contributed by atoms with Gasteiger partial charge in [-0.1, -0.05) is 0 Å². The molecule has 0 bridgehead atoms. The van der Waals surface area contributed by atoms with Crippen LogP contribution in [0.15, 0.2) is 22.8 Å². The molecule has 0 aliphatic rings. The predicted molar refractivity (Wildman–Crippen MR) is 78.4 cm³/mol. The first-order valence-corrected chi connectivity index (χ1v) is 6.78. The highest BCUT2D eigenvalue weighted by Gasteiger charge is 2.21. The van der Waals surface area contributed by atoms with E-state index < -0.39 is 5.60 Å². The number of nitrogens with one attached hydrogen (secondary N) is 1. The summed E-state index contributed by atoms with van der Waals surface area (Å²) in [7, 11) is 3.85. The molecular weight excluding hydrogens is 310 g/mol. The van der Waals surface area contributed by atoms with Gasteiger partial charge in [0.1, 0.15) is 0 Å². The lowest BCUT2D eigenvalue weighted by Gasteiger charge is -2.26. The van der Waals surface area contributed by atoms with E-state index in [0.29, 0.717) is 19.0 Å². The molecule has 0 spiro atoms. The molecule has 6 nitrogen and oxygen atoms in total. The monoisotopic (exact) mass is 327 g/mol. The number of nitrogens with zero attached hydrogens (tertiary/aromatic N) is 4. The Morgan fingerprint density at radius 3 is 2.89 bits per heavy atom. The van der Waals surface area contributed by atoms with Gasteiger partial charge in [0.25, 0.3) is 0 Å². The molecule has 2 heterocycles. The third-order valence-electron chi connectivity index (χ3n) is 2.58. The molecule has 0 aliphatic carbocycles. The topological polar surface area (TPSA) is 65.7 Å². The number of aromatic nitrogens is 3. The second-order valence-corrected chi connectivity index (χ2v) is 6.09. The molecule has 19 heavy (non-hydrogen) atoms. The van der Waals surface area contributed by atoms with Crippen molar-refractivity contribution in [3.05, 3.63) is 22.8 Å². The molecule has 0 saturated carbocycles. The number of rotatable bonds is 5. The zero-order chi connectivity index (χ0) is 14.0. The summed E-state index contributed by atoms with van der Waals surface area (Å²) in [5.41, 5.74) is -0.0698. The number of anilines is 1. The van der Waals surface area contributed by atoms with E-state index in [4.69, 9.17) is 0 Å². The fourth-order valence-corrected chi connectivity index (χ4v) is 2.27. The largest absolute Gasteiger partial charge is 0.387 e. The molecule has 2 N–H and O–H groups in total. The zero-order valence-corrected chi connectivity index (χ0v) is 12.8. The highest BCUT2D eigenvalue weighted by molar-refractivity contribution is 9.10. The summed E-state index contributed by atoms with van der Waals surface area (Å²) in [6.07, 6.45) is 1.84. The Bertz CT molecular complexity index is 566. The lowest BCUT2D eigenvalue weighted by Crippen LogP contribution is -2.43. The van der Waals surface area contributed by atoms with Gasteiger partial charge in [-0.25, -0.2) is 4.52 Å². The van der Waals surface area contributed by atoms with Crippen molar-refractivity contribution in [2.24, 2.45) is 0 Å². The summed E-state index contributed by atoms with van der Waals surface area (Å²) in [6, 6.07) is 3.79. The Labute approximate surface area is 120 Å². The van der Waals surface area contributed by atoms with Crippen molar-refractivity contribution in [3.63, 3.8) is 0 Å². The minimum atomic E-state index is -0.832. The normalized spacial score (nSPS) is 14.8. The third-order valence-corrected chi connectivity index (χ3v) is 3.05. The number of hydrogen-bond donors (Lipinski definition) is 2. The summed E-state index contributed by atoms with van der Waals surface area (Å²) in [6.45, 7) is 2.74. The molecule has 0 aliphatic heterocycles. The number of pyridine rings is 1. The fraction of sp³-hybridized carbons (Fsp3) is 0.500. The maximum Gasteiger partial charge on any atom is 0.243 e. The Balaban J connectivity index is 2.05. The van der Waals surface area contributed by atoms with E-state index in [2.05, 4.69) is 31.3 Å². The number of fused-ring (bicyclic) bond motifs is 1. The fourth-order valence-electron chi connectivity index (χ4n) is 1.94. The van der Waals surface area contributed by atoms with E-state index in [1.807, 2.05) is 37.3 Å². The lowest BCUT2D eigenvalue weighted by atomic mass is 10.1. The molecule has 0 amide bonds. The van der Waals surface area contributed by atoms with Crippen LogP contribution in [0.4, 0.5) is 5.95 Å². The predicted octanol–water partition coefficient (Wildman–Crippen LogP) is 1.22. The van der Waals surface area contributed by atoms with E-state index in [1.54, 1.807) is 11.4 Å². The number of halogens is 1. The molecule has 1 atom stereocenters. The zero-order valence-electron chi connectivity index (χ0n) is 11.3. The van der Waals surface area contributed by atoms with Crippen LogP contribution in [-0.4, -0.2) is 57.4 Å². The Kier molecular flexibility index (Phi) is 4.07. The van der Waals surface area contributed by atoms with Crippen LogP contribution in [0.2, 0.25) is 0 Å². The molecular formula is C12H18BrN5O. The van der Waals surface area contributed by atoms with E-state index in [-0.39, 0.29) is 0 Å². The van der Waals surface area contributed by atoms with Gasteiger partial charge in [0.2, 0.25) is 5.95 Å². The molecule has 2 aromatic rings. The van der Waals surface area contributed by atoms with Crippen molar-refractivity contribution >= 4 is 27.5 Å². The van der Waals surface area contributed by atoms with Gasteiger partial charge >= 0.3 is 0 Å². The number of likely N-dealkylation sites (N-methyl/N-ethyl adjacent to an activating group) is 1. The van der Waals surface area contributed by atoms with Crippen molar-refractivity contribution in [1.29, 1.82) is 0 Å². The van der Waals surface area contributed by atoms with Crippen molar-refractivity contribution in [3.8, 4) is 0 Å². The summed E-state index contributed by atoms with van der Waals surface area (Å²) < 4.78 is 2.63. The van der Waals surface area contributed by atoms with Crippen molar-refractivity contribution in [1.82, 2.24) is 19.5 Å². The van der Waals surface area contributed by atoms with Gasteiger partial charge in [-0.2, -0.15) is 4.98 Å². The number of aliphatic hydroxyl groups is 1. The van der Waals surface area contributed by atoms with E-state index in [1.165, 1.54) is 0 Å². The van der Waals surface area contributed by atoms with Crippen molar-refractivity contribution < 1.29 is 5.11 Å². The second-order valence-electron chi connectivity index (χ2n) is 5.17. The molecule has 7 heteroatoms. The summed E-state index contributed by atoms with van der Waals surface area (Å²) in [5, 5.41) is 17.6. The van der Waals surface area contributed by atoms with Crippen molar-refractivity contribution in [2.45, 2.75) is 12.5 Å². The average molecular weight is 328 g/mol. The van der Waals surface area contributed by atoms with Crippen LogP contribution in [0.1, 0.15) is 6.92 Å². The summed E-state index contributed by atoms with van der Waals surface area (Å²) in [5.74, 6) is 0.511.